The molecule has 0 aliphatic carbocycles. The van der Waals surface area contributed by atoms with Crippen LogP contribution in [0.3, 0.4) is 0 Å². The number of halogens is 1. The molecule has 0 saturated heterocycles. The molecule has 0 amide bonds. The van der Waals surface area contributed by atoms with Crippen LogP contribution in [0.25, 0.3) is 0 Å². The van der Waals surface area contributed by atoms with E-state index in [1.165, 1.54) is 24.3 Å². The average molecular weight is 297 g/mol. The number of nitrogens with zero attached hydrogens (tertiary/aromatic N) is 2. The van der Waals surface area contributed by atoms with Crippen LogP contribution in [0.4, 0.5) is 27.3 Å². The molecule has 0 fully saturated rings. The SMILES string of the molecule is O=c1[nH][nH]c(Nc2ccccc2)c1N=Nc1ccc(F)cc1. The molecular formula is C15H12FN5O. The van der Waals surface area contributed by atoms with Crippen LogP contribution < -0.4 is 10.9 Å². The molecular weight excluding hydrogens is 285 g/mol. The van der Waals surface area contributed by atoms with E-state index in [-0.39, 0.29) is 11.5 Å². The number of nitrogens with one attached hydrogen (secondary N) is 3. The fourth-order valence-corrected chi connectivity index (χ4v) is 1.82. The van der Waals surface area contributed by atoms with Gasteiger partial charge in [0.2, 0.25) is 0 Å². The standard InChI is InChI=1S/C15H12FN5O/c16-10-6-8-12(9-7-10)18-19-13-14(20-21-15(13)22)17-11-4-2-1-3-5-11/h1-9H,(H3,17,20,21,22). The second-order valence-electron chi connectivity index (χ2n) is 4.47. The van der Waals surface area contributed by atoms with Crippen molar-refractivity contribution < 1.29 is 4.39 Å². The van der Waals surface area contributed by atoms with Crippen molar-refractivity contribution in [2.45, 2.75) is 0 Å². The molecule has 2 aromatic carbocycles. The Bertz CT molecular complexity index is 836. The fourth-order valence-electron chi connectivity index (χ4n) is 1.82. The number of hydrogen-bond donors (Lipinski definition) is 3. The highest BCUT2D eigenvalue weighted by molar-refractivity contribution is 5.67. The zero-order valence-electron chi connectivity index (χ0n) is 11.4. The smallest absolute Gasteiger partial charge is 0.294 e. The van der Waals surface area contributed by atoms with Crippen LogP contribution in [-0.4, -0.2) is 10.2 Å². The lowest BCUT2D eigenvalue weighted by Crippen LogP contribution is -1.97. The summed E-state index contributed by atoms with van der Waals surface area (Å²) in [5, 5.41) is 16.0. The van der Waals surface area contributed by atoms with E-state index in [4.69, 9.17) is 0 Å². The highest BCUT2D eigenvalue weighted by Crippen LogP contribution is 2.24. The number of para-hydroxylation sites is 1. The van der Waals surface area contributed by atoms with E-state index in [9.17, 15) is 9.18 Å². The summed E-state index contributed by atoms with van der Waals surface area (Å²) in [6.45, 7) is 0. The lowest BCUT2D eigenvalue weighted by molar-refractivity contribution is 0.628. The van der Waals surface area contributed by atoms with Gasteiger partial charge in [-0.1, -0.05) is 18.2 Å². The summed E-state index contributed by atoms with van der Waals surface area (Å²) in [6, 6.07) is 14.8. The van der Waals surface area contributed by atoms with Crippen LogP contribution in [0, 0.1) is 5.82 Å². The molecule has 0 unspecified atom stereocenters. The molecule has 0 saturated carbocycles. The van der Waals surface area contributed by atoms with Crippen molar-refractivity contribution in [3.05, 3.63) is 70.8 Å². The summed E-state index contributed by atoms with van der Waals surface area (Å²) in [6.07, 6.45) is 0. The number of anilines is 2. The number of hydrogen-bond acceptors (Lipinski definition) is 4. The molecule has 22 heavy (non-hydrogen) atoms. The summed E-state index contributed by atoms with van der Waals surface area (Å²) in [5.41, 5.74) is 0.973. The molecule has 0 atom stereocenters. The predicted molar refractivity (Wildman–Crippen MR) is 81.7 cm³/mol. The number of rotatable bonds is 4. The molecule has 6 nitrogen and oxygen atoms in total. The number of H-pyrrole nitrogens is 2. The molecule has 0 aliphatic rings. The number of aromatic nitrogens is 2. The van der Waals surface area contributed by atoms with Crippen molar-refractivity contribution in [3.63, 3.8) is 0 Å². The first kappa shape index (κ1) is 13.7. The van der Waals surface area contributed by atoms with Gasteiger partial charge in [-0.3, -0.25) is 15.0 Å². The molecule has 3 rings (SSSR count). The van der Waals surface area contributed by atoms with Crippen LogP contribution in [0.2, 0.25) is 0 Å². The van der Waals surface area contributed by atoms with Crippen molar-refractivity contribution in [2.75, 3.05) is 5.32 Å². The van der Waals surface area contributed by atoms with E-state index in [0.29, 0.717) is 11.5 Å². The Morgan fingerprint density at radius 3 is 2.36 bits per heavy atom. The van der Waals surface area contributed by atoms with Crippen molar-refractivity contribution in [1.82, 2.24) is 10.2 Å². The molecule has 0 bridgehead atoms. The van der Waals surface area contributed by atoms with Gasteiger partial charge in [0.15, 0.2) is 11.5 Å². The van der Waals surface area contributed by atoms with Gasteiger partial charge in [-0.2, -0.15) is 5.11 Å². The van der Waals surface area contributed by atoms with Gasteiger partial charge in [0, 0.05) is 5.69 Å². The summed E-state index contributed by atoms with van der Waals surface area (Å²) in [7, 11) is 0. The van der Waals surface area contributed by atoms with Crippen LogP contribution in [-0.2, 0) is 0 Å². The van der Waals surface area contributed by atoms with Gasteiger partial charge in [0.1, 0.15) is 5.82 Å². The third kappa shape index (κ3) is 3.09. The van der Waals surface area contributed by atoms with Gasteiger partial charge in [0.25, 0.3) is 5.56 Å². The van der Waals surface area contributed by atoms with E-state index >= 15 is 0 Å². The van der Waals surface area contributed by atoms with E-state index in [2.05, 4.69) is 25.7 Å². The van der Waals surface area contributed by atoms with Crippen LogP contribution in [0.5, 0.6) is 0 Å². The lowest BCUT2D eigenvalue weighted by atomic mass is 10.3. The van der Waals surface area contributed by atoms with Gasteiger partial charge < -0.3 is 5.32 Å². The zero-order valence-corrected chi connectivity index (χ0v) is 11.4. The lowest BCUT2D eigenvalue weighted by Gasteiger charge is -2.03. The Morgan fingerprint density at radius 2 is 1.64 bits per heavy atom. The van der Waals surface area contributed by atoms with Gasteiger partial charge in [0.05, 0.1) is 5.69 Å². The summed E-state index contributed by atoms with van der Waals surface area (Å²) in [4.78, 5) is 11.8. The van der Waals surface area contributed by atoms with Crippen molar-refractivity contribution in [2.24, 2.45) is 10.2 Å². The van der Waals surface area contributed by atoms with Crippen molar-refractivity contribution in [1.29, 1.82) is 0 Å². The van der Waals surface area contributed by atoms with E-state index in [1.54, 1.807) is 0 Å². The van der Waals surface area contributed by atoms with E-state index in [1.807, 2.05) is 30.3 Å². The van der Waals surface area contributed by atoms with Crippen molar-refractivity contribution in [3.8, 4) is 0 Å². The minimum atomic E-state index is -0.399. The van der Waals surface area contributed by atoms with E-state index < -0.39 is 5.56 Å². The third-order valence-corrected chi connectivity index (χ3v) is 2.89. The first-order valence-electron chi connectivity index (χ1n) is 6.52. The van der Waals surface area contributed by atoms with Gasteiger partial charge in [-0.05, 0) is 36.4 Å². The van der Waals surface area contributed by atoms with Crippen LogP contribution in [0.1, 0.15) is 0 Å². The quantitative estimate of drug-likeness (QED) is 0.636. The Kier molecular flexibility index (Phi) is 3.78. The van der Waals surface area contributed by atoms with E-state index in [0.717, 1.165) is 5.69 Å². The Balaban J connectivity index is 1.86. The van der Waals surface area contributed by atoms with Gasteiger partial charge in [-0.15, -0.1) is 5.11 Å². The first-order valence-corrected chi connectivity index (χ1v) is 6.52. The molecule has 3 N–H and O–H groups in total. The van der Waals surface area contributed by atoms with Crippen LogP contribution >= 0.6 is 0 Å². The number of aromatic amines is 2. The highest BCUT2D eigenvalue weighted by Gasteiger charge is 2.09. The maximum Gasteiger partial charge on any atom is 0.294 e. The van der Waals surface area contributed by atoms with Crippen LogP contribution in [0.15, 0.2) is 69.6 Å². The average Bonchev–Trinajstić information content (AvgIpc) is 2.88. The normalized spacial score (nSPS) is 11.0. The van der Waals surface area contributed by atoms with Gasteiger partial charge in [-0.25, -0.2) is 4.39 Å². The van der Waals surface area contributed by atoms with Gasteiger partial charge >= 0.3 is 0 Å². The topological polar surface area (TPSA) is 85.4 Å². The third-order valence-electron chi connectivity index (χ3n) is 2.89. The molecule has 0 spiro atoms. The fraction of sp³-hybridized carbons (Fsp3) is 0. The van der Waals surface area contributed by atoms with Crippen molar-refractivity contribution >= 4 is 22.9 Å². The number of benzene rings is 2. The maximum absolute atomic E-state index is 12.8. The molecule has 3 aromatic rings. The Hall–Kier alpha value is -3.22. The summed E-state index contributed by atoms with van der Waals surface area (Å²) < 4.78 is 12.8. The first-order chi connectivity index (χ1) is 10.7. The second kappa shape index (κ2) is 6.04. The Morgan fingerprint density at radius 1 is 0.909 bits per heavy atom. The zero-order chi connectivity index (χ0) is 15.4. The highest BCUT2D eigenvalue weighted by atomic mass is 19.1. The second-order valence-corrected chi connectivity index (χ2v) is 4.47. The minimum Gasteiger partial charge on any atom is -0.339 e. The predicted octanol–water partition coefficient (Wildman–Crippen LogP) is 4.00. The molecule has 0 aliphatic heterocycles. The summed E-state index contributed by atoms with van der Waals surface area (Å²) in [5.74, 6) is 0.0481. The molecule has 1 heterocycles. The largest absolute Gasteiger partial charge is 0.339 e. The maximum atomic E-state index is 12.8. The molecule has 7 heteroatoms. The monoisotopic (exact) mass is 297 g/mol. The number of azo groups is 1. The molecule has 1 aromatic heterocycles. The minimum absolute atomic E-state index is 0.119. The summed E-state index contributed by atoms with van der Waals surface area (Å²) >= 11 is 0. The molecule has 110 valence electrons. The molecule has 0 radical (unpaired) electrons. The Labute approximate surface area is 124 Å².